The summed E-state index contributed by atoms with van der Waals surface area (Å²) in [6, 6.07) is 7.88. The van der Waals surface area contributed by atoms with E-state index in [2.05, 4.69) is 22.5 Å². The second kappa shape index (κ2) is 9.65. The van der Waals surface area contributed by atoms with Crippen LogP contribution in [-0.4, -0.2) is 45.1 Å². The average molecular weight is 368 g/mol. The Hall–Kier alpha value is -1.76. The summed E-state index contributed by atoms with van der Waals surface area (Å²) in [5.41, 5.74) is 1.06. The molecule has 0 saturated carbocycles. The number of aliphatic imine (C=N–C) groups is 1. The second-order valence-corrected chi connectivity index (χ2v) is 8.52. The highest BCUT2D eigenvalue weighted by molar-refractivity contribution is 7.91. The molecule has 1 aromatic carbocycles. The molecule has 1 aliphatic heterocycles. The number of hydrogen-bond donors (Lipinski definition) is 2. The van der Waals surface area contributed by atoms with Crippen molar-refractivity contribution >= 4 is 15.8 Å². The van der Waals surface area contributed by atoms with E-state index in [4.69, 9.17) is 4.74 Å². The largest absolute Gasteiger partial charge is 0.494 e. The first-order valence-electron chi connectivity index (χ1n) is 8.99. The summed E-state index contributed by atoms with van der Waals surface area (Å²) in [6.45, 7) is 6.10. The highest BCUT2D eigenvalue weighted by Gasteiger charge is 2.28. The Morgan fingerprint density at radius 3 is 2.88 bits per heavy atom. The number of sulfone groups is 1. The fourth-order valence-electron chi connectivity index (χ4n) is 2.66. The third-order valence-corrected chi connectivity index (χ3v) is 5.77. The molecule has 6 nitrogen and oxygen atoms in total. The monoisotopic (exact) mass is 367 g/mol. The molecule has 25 heavy (non-hydrogen) atoms. The minimum absolute atomic E-state index is 0.0634. The summed E-state index contributed by atoms with van der Waals surface area (Å²) in [4.78, 5) is 4.58. The standard InChI is InChI=1S/C18H29N3O3S/c1-3-5-10-24-17-8-6-7-15(12-17)13-20-18(19-4-2)21-16-9-11-25(22,23)14-16/h6-8,12,16H,3-5,9-11,13-14H2,1-2H3,(H2,19,20,21). The fraction of sp³-hybridized carbons (Fsp3) is 0.611. The number of rotatable bonds is 8. The van der Waals surface area contributed by atoms with Gasteiger partial charge in [0.2, 0.25) is 0 Å². The molecular weight excluding hydrogens is 338 g/mol. The molecule has 1 saturated heterocycles. The maximum Gasteiger partial charge on any atom is 0.191 e. The lowest BCUT2D eigenvalue weighted by Crippen LogP contribution is -2.44. The van der Waals surface area contributed by atoms with Crippen LogP contribution in [0.5, 0.6) is 5.75 Å². The highest BCUT2D eigenvalue weighted by atomic mass is 32.2. The van der Waals surface area contributed by atoms with Crippen LogP contribution in [0.2, 0.25) is 0 Å². The number of benzene rings is 1. The first kappa shape index (κ1) is 19.6. The summed E-state index contributed by atoms with van der Waals surface area (Å²) < 4.78 is 28.9. The van der Waals surface area contributed by atoms with Gasteiger partial charge < -0.3 is 15.4 Å². The molecule has 0 spiro atoms. The van der Waals surface area contributed by atoms with Crippen LogP contribution in [0.25, 0.3) is 0 Å². The van der Waals surface area contributed by atoms with Gasteiger partial charge in [-0.05, 0) is 37.5 Å². The summed E-state index contributed by atoms with van der Waals surface area (Å²) in [6.07, 6.45) is 2.78. The Kier molecular flexibility index (Phi) is 7.55. The molecule has 1 atom stereocenters. The molecule has 0 aliphatic carbocycles. The number of nitrogens with one attached hydrogen (secondary N) is 2. The van der Waals surface area contributed by atoms with Gasteiger partial charge in [-0.15, -0.1) is 0 Å². The van der Waals surface area contributed by atoms with Gasteiger partial charge >= 0.3 is 0 Å². The molecule has 1 unspecified atom stereocenters. The fourth-order valence-corrected chi connectivity index (χ4v) is 4.33. The van der Waals surface area contributed by atoms with Crippen LogP contribution in [0, 0.1) is 0 Å². The minimum Gasteiger partial charge on any atom is -0.494 e. The van der Waals surface area contributed by atoms with Crippen LogP contribution >= 0.6 is 0 Å². The molecule has 140 valence electrons. The van der Waals surface area contributed by atoms with Crippen molar-refractivity contribution in [3.05, 3.63) is 29.8 Å². The Morgan fingerprint density at radius 1 is 1.36 bits per heavy atom. The van der Waals surface area contributed by atoms with Crippen molar-refractivity contribution in [1.82, 2.24) is 10.6 Å². The van der Waals surface area contributed by atoms with Gasteiger partial charge in [-0.3, -0.25) is 0 Å². The summed E-state index contributed by atoms with van der Waals surface area (Å²) >= 11 is 0. The zero-order valence-corrected chi connectivity index (χ0v) is 15.9. The summed E-state index contributed by atoms with van der Waals surface area (Å²) in [7, 11) is -2.90. The van der Waals surface area contributed by atoms with Gasteiger partial charge in [-0.2, -0.15) is 0 Å². The SMILES string of the molecule is CCCCOc1cccc(CN=C(NCC)NC2CCS(=O)(=O)C2)c1. The van der Waals surface area contributed by atoms with Crippen LogP contribution in [0.3, 0.4) is 0 Å². The number of nitrogens with zero attached hydrogens (tertiary/aromatic N) is 1. The van der Waals surface area contributed by atoms with Crippen LogP contribution < -0.4 is 15.4 Å². The third kappa shape index (κ3) is 6.94. The number of hydrogen-bond acceptors (Lipinski definition) is 4. The molecule has 0 bridgehead atoms. The zero-order chi connectivity index (χ0) is 18.1. The van der Waals surface area contributed by atoms with Crippen molar-refractivity contribution in [1.29, 1.82) is 0 Å². The Bertz CT molecular complexity index is 674. The van der Waals surface area contributed by atoms with E-state index in [1.165, 1.54) is 0 Å². The highest BCUT2D eigenvalue weighted by Crippen LogP contribution is 2.15. The van der Waals surface area contributed by atoms with E-state index in [0.717, 1.165) is 37.3 Å². The zero-order valence-electron chi connectivity index (χ0n) is 15.1. The molecular formula is C18H29N3O3S. The van der Waals surface area contributed by atoms with Gasteiger partial charge in [0.1, 0.15) is 5.75 Å². The normalized spacial score (nSPS) is 19.6. The molecule has 0 radical (unpaired) electrons. The van der Waals surface area contributed by atoms with Gasteiger partial charge in [0.15, 0.2) is 15.8 Å². The smallest absolute Gasteiger partial charge is 0.191 e. The predicted octanol–water partition coefficient (Wildman–Crippen LogP) is 2.11. The van der Waals surface area contributed by atoms with Gasteiger partial charge in [-0.25, -0.2) is 13.4 Å². The molecule has 1 fully saturated rings. The van der Waals surface area contributed by atoms with E-state index < -0.39 is 9.84 Å². The summed E-state index contributed by atoms with van der Waals surface area (Å²) in [5.74, 6) is 1.95. The first-order chi connectivity index (χ1) is 12.0. The van der Waals surface area contributed by atoms with E-state index in [9.17, 15) is 8.42 Å². The Balaban J connectivity index is 1.95. The quantitative estimate of drug-likeness (QED) is 0.418. The topological polar surface area (TPSA) is 79.8 Å². The molecule has 0 amide bonds. The third-order valence-electron chi connectivity index (χ3n) is 4.00. The number of guanidine groups is 1. The average Bonchev–Trinajstić information content (AvgIpc) is 2.92. The van der Waals surface area contributed by atoms with Crippen LogP contribution in [-0.2, 0) is 16.4 Å². The van der Waals surface area contributed by atoms with Crippen molar-refractivity contribution in [2.75, 3.05) is 24.7 Å². The second-order valence-electron chi connectivity index (χ2n) is 6.29. The molecule has 0 aromatic heterocycles. The van der Waals surface area contributed by atoms with Crippen molar-refractivity contribution in [3.8, 4) is 5.75 Å². The lowest BCUT2D eigenvalue weighted by Gasteiger charge is -2.16. The van der Waals surface area contributed by atoms with E-state index in [1.807, 2.05) is 31.2 Å². The van der Waals surface area contributed by atoms with E-state index >= 15 is 0 Å². The molecule has 2 rings (SSSR count). The van der Waals surface area contributed by atoms with E-state index in [1.54, 1.807) is 0 Å². The van der Waals surface area contributed by atoms with E-state index in [0.29, 0.717) is 18.9 Å². The molecule has 2 N–H and O–H groups in total. The Morgan fingerprint density at radius 2 is 2.20 bits per heavy atom. The maximum absolute atomic E-state index is 11.6. The van der Waals surface area contributed by atoms with Crippen molar-refractivity contribution in [3.63, 3.8) is 0 Å². The van der Waals surface area contributed by atoms with Crippen LogP contribution in [0.4, 0.5) is 0 Å². The first-order valence-corrected chi connectivity index (χ1v) is 10.8. The lowest BCUT2D eigenvalue weighted by molar-refractivity contribution is 0.309. The molecule has 7 heteroatoms. The van der Waals surface area contributed by atoms with Crippen LogP contribution in [0.15, 0.2) is 29.3 Å². The lowest BCUT2D eigenvalue weighted by atomic mass is 10.2. The molecule has 1 aromatic rings. The Labute approximate surface area is 151 Å². The van der Waals surface area contributed by atoms with Crippen LogP contribution in [0.1, 0.15) is 38.7 Å². The molecule has 1 aliphatic rings. The van der Waals surface area contributed by atoms with E-state index in [-0.39, 0.29) is 17.5 Å². The van der Waals surface area contributed by atoms with Gasteiger partial charge in [0, 0.05) is 12.6 Å². The van der Waals surface area contributed by atoms with Gasteiger partial charge in [0.05, 0.1) is 24.7 Å². The maximum atomic E-state index is 11.6. The molecule has 1 heterocycles. The van der Waals surface area contributed by atoms with Crippen molar-refractivity contribution in [2.24, 2.45) is 4.99 Å². The number of ether oxygens (including phenoxy) is 1. The minimum atomic E-state index is -2.90. The predicted molar refractivity (Wildman–Crippen MR) is 102 cm³/mol. The van der Waals surface area contributed by atoms with Crippen molar-refractivity contribution in [2.45, 2.75) is 45.7 Å². The van der Waals surface area contributed by atoms with Gasteiger partial charge in [-0.1, -0.05) is 25.5 Å². The summed E-state index contributed by atoms with van der Waals surface area (Å²) in [5, 5.41) is 6.40. The van der Waals surface area contributed by atoms with Gasteiger partial charge in [0.25, 0.3) is 0 Å². The number of unbranched alkanes of at least 4 members (excludes halogenated alkanes) is 1. The van der Waals surface area contributed by atoms with Crippen molar-refractivity contribution < 1.29 is 13.2 Å².